The second-order valence-electron chi connectivity index (χ2n) is 19.6. The first kappa shape index (κ1) is 45.4. The van der Waals surface area contributed by atoms with Crippen LogP contribution < -0.4 is 9.80 Å². The maximum atomic E-state index is 2.51. The Morgan fingerprint density at radius 1 is 0.293 bits per heavy atom. The van der Waals surface area contributed by atoms with E-state index >= 15 is 0 Å². The van der Waals surface area contributed by atoms with Gasteiger partial charge in [0.15, 0.2) is 0 Å². The summed E-state index contributed by atoms with van der Waals surface area (Å²) in [7, 11) is 0. The van der Waals surface area contributed by atoms with E-state index in [2.05, 4.69) is 319 Å². The molecule has 75 heavy (non-hydrogen) atoms. The molecule has 0 N–H and O–H groups in total. The van der Waals surface area contributed by atoms with Crippen LogP contribution >= 0.6 is 0 Å². The van der Waals surface area contributed by atoms with Crippen LogP contribution in [-0.4, -0.2) is 6.04 Å². The van der Waals surface area contributed by atoms with E-state index in [1.165, 1.54) is 77.9 Å². The van der Waals surface area contributed by atoms with Crippen molar-refractivity contribution < 1.29 is 0 Å². The van der Waals surface area contributed by atoms with Crippen molar-refractivity contribution in [3.05, 3.63) is 337 Å². The van der Waals surface area contributed by atoms with Crippen molar-refractivity contribution >= 4 is 34.0 Å². The van der Waals surface area contributed by atoms with Crippen LogP contribution in [0.15, 0.2) is 309 Å². The van der Waals surface area contributed by atoms with Crippen molar-refractivity contribution in [2.45, 2.75) is 17.9 Å². The van der Waals surface area contributed by atoms with Gasteiger partial charge in [0.1, 0.15) is 0 Å². The first-order chi connectivity index (χ1) is 37.2. The molecule has 1 unspecified atom stereocenters. The summed E-state index contributed by atoms with van der Waals surface area (Å²) in [6.45, 7) is 0. The lowest BCUT2D eigenvalue weighted by Gasteiger charge is -2.36. The first-order valence-electron chi connectivity index (χ1n) is 26.1. The van der Waals surface area contributed by atoms with E-state index in [-0.39, 0.29) is 6.04 Å². The minimum atomic E-state index is -0.579. The van der Waals surface area contributed by atoms with Gasteiger partial charge in [0.25, 0.3) is 0 Å². The molecular weight excluding hydrogens is 905 g/mol. The highest BCUT2D eigenvalue weighted by atomic mass is 15.2. The lowest BCUT2D eigenvalue weighted by atomic mass is 9.67. The summed E-state index contributed by atoms with van der Waals surface area (Å²) in [6.07, 6.45) is 7.96. The summed E-state index contributed by atoms with van der Waals surface area (Å²) < 4.78 is 0. The molecule has 0 spiro atoms. The number of anilines is 5. The van der Waals surface area contributed by atoms with E-state index in [1.807, 2.05) is 0 Å². The molecule has 2 nitrogen and oxygen atoms in total. The summed E-state index contributed by atoms with van der Waals surface area (Å²) in [4.78, 5) is 4.89. The Balaban J connectivity index is 0.912. The Labute approximate surface area is 441 Å². The van der Waals surface area contributed by atoms with Gasteiger partial charge in [-0.15, -0.1) is 0 Å². The van der Waals surface area contributed by atoms with Gasteiger partial charge in [-0.2, -0.15) is 0 Å². The second kappa shape index (κ2) is 19.8. The van der Waals surface area contributed by atoms with Crippen LogP contribution in [0.25, 0.3) is 50.1 Å². The van der Waals surface area contributed by atoms with Crippen LogP contribution in [0.5, 0.6) is 0 Å². The summed E-state index contributed by atoms with van der Waals surface area (Å²) in [6, 6.07) is 107. The van der Waals surface area contributed by atoms with Crippen molar-refractivity contribution in [2.24, 2.45) is 0 Å². The number of allylic oxidation sites excluding steroid dienone is 2. The van der Waals surface area contributed by atoms with Gasteiger partial charge >= 0.3 is 0 Å². The van der Waals surface area contributed by atoms with Crippen molar-refractivity contribution in [2.75, 3.05) is 9.80 Å². The zero-order valence-electron chi connectivity index (χ0n) is 41.6. The quantitative estimate of drug-likeness (QED) is 0.120. The number of rotatable bonds is 12. The maximum absolute atomic E-state index is 2.51. The molecule has 11 aromatic rings. The zero-order valence-corrected chi connectivity index (χ0v) is 41.6. The van der Waals surface area contributed by atoms with Crippen LogP contribution in [0.3, 0.4) is 0 Å². The second-order valence-corrected chi connectivity index (χ2v) is 19.6. The fourth-order valence-corrected chi connectivity index (χ4v) is 11.7. The van der Waals surface area contributed by atoms with Gasteiger partial charge in [-0.25, -0.2) is 0 Å². The fraction of sp³-hybridized carbons (Fsp3) is 0.0411. The SMILES string of the molecule is C1=CC(N(c2ccc(-c3ccccc3)cc2)c2ccc(C3(c4ccc(N(c5ccc(-c6ccccc6)cc5)c5ccc(-c6ccccc6)cc5)cc4)c4ccccc4-c4ccccc43)cc2)CC=C1c1ccccc1. The summed E-state index contributed by atoms with van der Waals surface area (Å²) in [5, 5.41) is 0. The minimum absolute atomic E-state index is 0.118. The Bertz CT molecular complexity index is 3660. The highest BCUT2D eigenvalue weighted by Gasteiger charge is 2.46. The highest BCUT2D eigenvalue weighted by Crippen LogP contribution is 2.56. The van der Waals surface area contributed by atoms with Gasteiger partial charge < -0.3 is 9.80 Å². The average Bonchev–Trinajstić information content (AvgIpc) is 3.85. The Morgan fingerprint density at radius 3 is 1.00 bits per heavy atom. The van der Waals surface area contributed by atoms with Crippen molar-refractivity contribution in [1.29, 1.82) is 0 Å². The standard InChI is InChI=1S/C73H54N2/c1-5-17-53(18-6-1)57-29-41-63(42-30-57)74(64-43-31-58(32-44-64)54-19-7-2-8-20-54)67-49-37-61(38-50-67)73(71-27-15-13-25-69(71)70-26-14-16-28-72(70)73)62-39-51-68(52-40-62)75(65-45-33-59(34-46-65)55-21-9-3-10-22-55)66-47-35-60(36-48-66)56-23-11-4-12-24-56/h1-47,49-52,66H,48H2. The number of fused-ring (bicyclic) bond motifs is 3. The molecule has 2 heteroatoms. The summed E-state index contributed by atoms with van der Waals surface area (Å²) >= 11 is 0. The Hall–Kier alpha value is -9.50. The molecule has 0 bridgehead atoms. The number of nitrogens with zero attached hydrogens (tertiary/aromatic N) is 2. The summed E-state index contributed by atoms with van der Waals surface area (Å²) in [5.41, 5.74) is 22.3. The summed E-state index contributed by atoms with van der Waals surface area (Å²) in [5.74, 6) is 0. The highest BCUT2D eigenvalue weighted by molar-refractivity contribution is 5.88. The van der Waals surface area contributed by atoms with Crippen LogP contribution in [0.2, 0.25) is 0 Å². The topological polar surface area (TPSA) is 6.48 Å². The number of hydrogen-bond donors (Lipinski definition) is 0. The van der Waals surface area contributed by atoms with E-state index in [1.54, 1.807) is 0 Å². The zero-order chi connectivity index (χ0) is 50.0. The van der Waals surface area contributed by atoms with Crippen LogP contribution in [-0.2, 0) is 5.41 Å². The molecular formula is C73H54N2. The third kappa shape index (κ3) is 8.47. The predicted octanol–water partition coefficient (Wildman–Crippen LogP) is 19.1. The molecule has 0 aromatic heterocycles. The van der Waals surface area contributed by atoms with E-state index in [0.29, 0.717) is 0 Å². The van der Waals surface area contributed by atoms with E-state index in [9.17, 15) is 0 Å². The molecule has 0 aliphatic heterocycles. The Morgan fingerprint density at radius 2 is 0.613 bits per heavy atom. The monoisotopic (exact) mass is 958 g/mol. The van der Waals surface area contributed by atoms with Crippen LogP contribution in [0, 0.1) is 0 Å². The van der Waals surface area contributed by atoms with Crippen molar-refractivity contribution in [3.63, 3.8) is 0 Å². The number of benzene rings is 11. The third-order valence-corrected chi connectivity index (χ3v) is 15.3. The molecule has 0 saturated heterocycles. The van der Waals surface area contributed by atoms with Gasteiger partial charge in [-0.3, -0.25) is 0 Å². The van der Waals surface area contributed by atoms with Gasteiger partial charge in [-0.1, -0.05) is 249 Å². The van der Waals surface area contributed by atoms with E-state index < -0.39 is 5.41 Å². The van der Waals surface area contributed by atoms with E-state index in [0.717, 1.165) is 34.9 Å². The van der Waals surface area contributed by atoms with Gasteiger partial charge in [0.2, 0.25) is 0 Å². The molecule has 0 fully saturated rings. The van der Waals surface area contributed by atoms with E-state index in [4.69, 9.17) is 0 Å². The largest absolute Gasteiger partial charge is 0.334 e. The maximum Gasteiger partial charge on any atom is 0.0713 e. The normalized spacial score (nSPS) is 14.1. The molecule has 13 rings (SSSR count). The molecule has 0 heterocycles. The van der Waals surface area contributed by atoms with Crippen LogP contribution in [0.1, 0.15) is 34.2 Å². The predicted molar refractivity (Wildman–Crippen MR) is 315 cm³/mol. The molecule has 1 atom stereocenters. The van der Waals surface area contributed by atoms with Crippen molar-refractivity contribution in [3.8, 4) is 44.5 Å². The minimum Gasteiger partial charge on any atom is -0.334 e. The molecule has 2 aliphatic rings. The Kier molecular flexibility index (Phi) is 12.0. The third-order valence-electron chi connectivity index (χ3n) is 15.3. The van der Waals surface area contributed by atoms with Gasteiger partial charge in [0.05, 0.1) is 11.5 Å². The smallest absolute Gasteiger partial charge is 0.0713 e. The van der Waals surface area contributed by atoms with Gasteiger partial charge in [0, 0.05) is 28.4 Å². The first-order valence-corrected chi connectivity index (χ1v) is 26.1. The fourth-order valence-electron chi connectivity index (χ4n) is 11.7. The van der Waals surface area contributed by atoms with Crippen molar-refractivity contribution in [1.82, 2.24) is 0 Å². The molecule has 11 aromatic carbocycles. The lowest BCUT2D eigenvalue weighted by Crippen LogP contribution is -2.31. The molecule has 0 radical (unpaired) electrons. The average molecular weight is 959 g/mol. The molecule has 0 amide bonds. The molecule has 0 saturated carbocycles. The van der Waals surface area contributed by atoms with Crippen LogP contribution in [0.4, 0.5) is 28.4 Å². The number of hydrogen-bond acceptors (Lipinski definition) is 2. The molecule has 356 valence electrons. The lowest BCUT2D eigenvalue weighted by molar-refractivity contribution is 0.764. The molecule has 2 aliphatic carbocycles. The van der Waals surface area contributed by atoms with Gasteiger partial charge in [-0.05, 0) is 145 Å².